The Kier molecular flexibility index (Phi) is 4.50. The van der Waals surface area contributed by atoms with Crippen LogP contribution < -0.4 is 5.32 Å². The van der Waals surface area contributed by atoms with E-state index in [9.17, 15) is 14.9 Å². The van der Waals surface area contributed by atoms with Gasteiger partial charge in [-0.2, -0.15) is 10.2 Å². The predicted molar refractivity (Wildman–Crippen MR) is 118 cm³/mol. The number of pyridine rings is 1. The second-order valence-electron chi connectivity index (χ2n) is 8.09. The Morgan fingerprint density at radius 3 is 2.53 bits per heavy atom. The topological polar surface area (TPSA) is 121 Å². The number of hydrogen-bond donors (Lipinski definition) is 1. The molecule has 1 aromatic carbocycles. The number of hydrogen-bond acceptors (Lipinski definition) is 6. The molecule has 1 amide bonds. The van der Waals surface area contributed by atoms with Gasteiger partial charge in [0.2, 0.25) is 0 Å². The van der Waals surface area contributed by atoms with Gasteiger partial charge in [0.15, 0.2) is 5.65 Å². The van der Waals surface area contributed by atoms with Gasteiger partial charge in [-0.25, -0.2) is 9.67 Å². The molecule has 32 heavy (non-hydrogen) atoms. The van der Waals surface area contributed by atoms with Crippen LogP contribution in [0.2, 0.25) is 0 Å². The first-order chi connectivity index (χ1) is 15.3. The highest BCUT2D eigenvalue weighted by Gasteiger charge is 2.28. The van der Waals surface area contributed by atoms with Crippen LogP contribution in [0.25, 0.3) is 16.7 Å². The molecule has 1 saturated carbocycles. The van der Waals surface area contributed by atoms with Crippen molar-refractivity contribution >= 4 is 28.4 Å². The van der Waals surface area contributed by atoms with E-state index in [-0.39, 0.29) is 11.6 Å². The van der Waals surface area contributed by atoms with Crippen molar-refractivity contribution in [1.29, 1.82) is 0 Å². The Hall–Kier alpha value is -4.08. The monoisotopic (exact) mass is 431 g/mol. The van der Waals surface area contributed by atoms with Gasteiger partial charge in [-0.3, -0.25) is 19.6 Å². The standard InChI is InChI=1S/C22H21N7O3/c1-12-10-19(28(25-12)15-6-8-16(9-7-15)29(31)32)24-22(30)17-11-18(14-4-5-14)23-21-20(17)13(2)26-27(21)3/h6-11,14H,4-5H2,1-3H3,(H,24,30). The third kappa shape index (κ3) is 3.39. The van der Waals surface area contributed by atoms with Gasteiger partial charge in [-0.1, -0.05) is 0 Å². The van der Waals surface area contributed by atoms with E-state index in [2.05, 4.69) is 15.5 Å². The van der Waals surface area contributed by atoms with E-state index in [0.717, 1.165) is 29.6 Å². The van der Waals surface area contributed by atoms with Crippen LogP contribution in [0.5, 0.6) is 0 Å². The Morgan fingerprint density at radius 2 is 1.88 bits per heavy atom. The van der Waals surface area contributed by atoms with Crippen molar-refractivity contribution in [2.24, 2.45) is 7.05 Å². The summed E-state index contributed by atoms with van der Waals surface area (Å²) < 4.78 is 3.27. The zero-order valence-corrected chi connectivity index (χ0v) is 17.9. The number of nitro groups is 1. The fourth-order valence-electron chi connectivity index (χ4n) is 3.92. The average Bonchev–Trinajstić information content (AvgIpc) is 3.49. The molecule has 3 aromatic heterocycles. The number of aryl methyl sites for hydroxylation is 3. The summed E-state index contributed by atoms with van der Waals surface area (Å²) in [5.41, 5.74) is 4.16. The first kappa shape index (κ1) is 19.9. The van der Waals surface area contributed by atoms with Gasteiger partial charge in [-0.15, -0.1) is 0 Å². The molecule has 162 valence electrons. The van der Waals surface area contributed by atoms with Crippen LogP contribution in [0.15, 0.2) is 36.4 Å². The molecule has 5 rings (SSSR count). The summed E-state index contributed by atoms with van der Waals surface area (Å²) in [4.78, 5) is 28.7. The van der Waals surface area contributed by atoms with E-state index in [0.29, 0.717) is 34.3 Å². The third-order valence-electron chi connectivity index (χ3n) is 5.61. The maximum Gasteiger partial charge on any atom is 0.269 e. The fourth-order valence-corrected chi connectivity index (χ4v) is 3.92. The summed E-state index contributed by atoms with van der Waals surface area (Å²) >= 11 is 0. The summed E-state index contributed by atoms with van der Waals surface area (Å²) in [6, 6.07) is 9.64. The largest absolute Gasteiger partial charge is 0.306 e. The highest BCUT2D eigenvalue weighted by atomic mass is 16.6. The van der Waals surface area contributed by atoms with Crippen molar-refractivity contribution < 1.29 is 9.72 Å². The summed E-state index contributed by atoms with van der Waals surface area (Å²) in [5.74, 6) is 0.577. The molecule has 0 spiro atoms. The number of rotatable bonds is 5. The molecule has 1 fully saturated rings. The number of nitro benzene ring substituents is 1. The van der Waals surface area contributed by atoms with E-state index in [1.165, 1.54) is 12.1 Å². The lowest BCUT2D eigenvalue weighted by Crippen LogP contribution is -2.16. The zero-order chi connectivity index (χ0) is 22.6. The minimum atomic E-state index is -0.455. The van der Waals surface area contributed by atoms with Gasteiger partial charge in [0.1, 0.15) is 5.82 Å². The third-order valence-corrected chi connectivity index (χ3v) is 5.61. The molecule has 10 nitrogen and oxygen atoms in total. The number of fused-ring (bicyclic) bond motifs is 1. The van der Waals surface area contributed by atoms with Crippen LogP contribution in [0.4, 0.5) is 11.5 Å². The quantitative estimate of drug-likeness (QED) is 0.379. The fraction of sp³-hybridized carbons (Fsp3) is 0.273. The van der Waals surface area contributed by atoms with Gasteiger partial charge in [0.05, 0.1) is 32.9 Å². The van der Waals surface area contributed by atoms with E-state index in [1.54, 1.807) is 27.6 Å². The molecule has 0 unspecified atom stereocenters. The van der Waals surface area contributed by atoms with Crippen LogP contribution in [0.1, 0.15) is 46.2 Å². The molecule has 1 aliphatic carbocycles. The molecule has 4 aromatic rings. The van der Waals surface area contributed by atoms with Gasteiger partial charge in [0, 0.05) is 36.9 Å². The minimum absolute atomic E-state index is 0.0120. The van der Waals surface area contributed by atoms with Crippen molar-refractivity contribution in [2.75, 3.05) is 5.32 Å². The Labute approximate surface area is 183 Å². The highest BCUT2D eigenvalue weighted by Crippen LogP contribution is 2.40. The molecule has 0 aliphatic heterocycles. The molecule has 3 heterocycles. The van der Waals surface area contributed by atoms with Gasteiger partial charge < -0.3 is 5.32 Å². The SMILES string of the molecule is Cc1cc(NC(=O)c2cc(C3CC3)nc3c2c(C)nn3C)n(-c2ccc([N+](=O)[O-])cc2)n1. The van der Waals surface area contributed by atoms with E-state index in [4.69, 9.17) is 4.98 Å². The van der Waals surface area contributed by atoms with Gasteiger partial charge in [0.25, 0.3) is 11.6 Å². The van der Waals surface area contributed by atoms with Crippen LogP contribution in [0.3, 0.4) is 0 Å². The van der Waals surface area contributed by atoms with Crippen molar-refractivity contribution in [1.82, 2.24) is 24.5 Å². The summed E-state index contributed by atoms with van der Waals surface area (Å²) in [6.07, 6.45) is 2.14. The van der Waals surface area contributed by atoms with Crippen molar-refractivity contribution in [3.8, 4) is 5.69 Å². The molecular weight excluding hydrogens is 410 g/mol. The first-order valence-electron chi connectivity index (χ1n) is 10.3. The second-order valence-corrected chi connectivity index (χ2v) is 8.09. The van der Waals surface area contributed by atoms with E-state index in [1.807, 2.05) is 27.0 Å². The number of carbonyl (C=O) groups is 1. The van der Waals surface area contributed by atoms with Crippen LogP contribution >= 0.6 is 0 Å². The molecular formula is C22H21N7O3. The summed E-state index contributed by atoms with van der Waals surface area (Å²) in [5, 5.41) is 23.5. The normalized spacial score (nSPS) is 13.5. The first-order valence-corrected chi connectivity index (χ1v) is 10.3. The number of carbonyl (C=O) groups excluding carboxylic acids is 1. The van der Waals surface area contributed by atoms with Crippen LogP contribution in [-0.4, -0.2) is 35.4 Å². The Balaban J connectivity index is 1.54. The zero-order valence-electron chi connectivity index (χ0n) is 17.9. The van der Waals surface area contributed by atoms with Gasteiger partial charge in [-0.05, 0) is 44.9 Å². The molecule has 1 aliphatic rings. The summed E-state index contributed by atoms with van der Waals surface area (Å²) in [7, 11) is 1.83. The second kappa shape index (κ2) is 7.26. The minimum Gasteiger partial charge on any atom is -0.306 e. The smallest absolute Gasteiger partial charge is 0.269 e. The predicted octanol–water partition coefficient (Wildman–Crippen LogP) is 3.81. The molecule has 0 atom stereocenters. The number of nitrogens with zero attached hydrogens (tertiary/aromatic N) is 6. The lowest BCUT2D eigenvalue weighted by Gasteiger charge is -2.11. The molecule has 1 N–H and O–H groups in total. The number of anilines is 1. The van der Waals surface area contributed by atoms with Gasteiger partial charge >= 0.3 is 0 Å². The molecule has 0 bridgehead atoms. The molecule has 0 saturated heterocycles. The number of non-ortho nitro benzene ring substituents is 1. The molecule has 10 heteroatoms. The molecule has 0 radical (unpaired) electrons. The Bertz CT molecular complexity index is 1380. The van der Waals surface area contributed by atoms with E-state index < -0.39 is 4.92 Å². The summed E-state index contributed by atoms with van der Waals surface area (Å²) in [6.45, 7) is 3.68. The Morgan fingerprint density at radius 1 is 1.16 bits per heavy atom. The number of benzene rings is 1. The van der Waals surface area contributed by atoms with Crippen molar-refractivity contribution in [3.63, 3.8) is 0 Å². The highest BCUT2D eigenvalue weighted by molar-refractivity contribution is 6.12. The maximum absolute atomic E-state index is 13.4. The van der Waals surface area contributed by atoms with Crippen molar-refractivity contribution in [2.45, 2.75) is 32.6 Å². The van der Waals surface area contributed by atoms with Crippen LogP contribution in [0, 0.1) is 24.0 Å². The van der Waals surface area contributed by atoms with E-state index >= 15 is 0 Å². The lowest BCUT2D eigenvalue weighted by atomic mass is 10.1. The number of aromatic nitrogens is 5. The number of amides is 1. The van der Waals surface area contributed by atoms with Crippen LogP contribution in [-0.2, 0) is 7.05 Å². The average molecular weight is 431 g/mol. The van der Waals surface area contributed by atoms with Crippen molar-refractivity contribution in [3.05, 3.63) is 69.2 Å². The lowest BCUT2D eigenvalue weighted by molar-refractivity contribution is -0.384. The maximum atomic E-state index is 13.4. The number of nitrogens with one attached hydrogen (secondary N) is 1.